The average Bonchev–Trinajstić information content (AvgIpc) is 3.19. The molecule has 1 heterocycles. The molecule has 0 aliphatic heterocycles. The van der Waals surface area contributed by atoms with E-state index in [1.165, 1.54) is 17.7 Å². The lowest BCUT2D eigenvalue weighted by Gasteiger charge is -2.46. The number of H-pyrrole nitrogens is 1. The standard InChI is InChI=1S/C26H32FN3O2/c1-30(2)26(19-6-4-3-5-7-19)14-12-21(13-15-26)29-23(25(31)32)11-8-18-17-28-24-16-20(27)9-10-22(18)24/h3-7,9-10,16-17,21,23,28-29H,8,11-15H2,1-2H3,(H,31,32). The molecule has 32 heavy (non-hydrogen) atoms. The molecule has 0 saturated heterocycles. The van der Waals surface area contributed by atoms with Crippen LogP contribution in [0, 0.1) is 5.82 Å². The van der Waals surface area contributed by atoms with Gasteiger partial charge in [0.05, 0.1) is 0 Å². The van der Waals surface area contributed by atoms with Gasteiger partial charge in [-0.05, 0) is 81.9 Å². The molecule has 4 rings (SSSR count). The molecule has 170 valence electrons. The second kappa shape index (κ2) is 9.43. The van der Waals surface area contributed by atoms with Crippen molar-refractivity contribution in [2.24, 2.45) is 0 Å². The van der Waals surface area contributed by atoms with Gasteiger partial charge in [-0.3, -0.25) is 9.69 Å². The number of halogens is 1. The van der Waals surface area contributed by atoms with Gasteiger partial charge in [0.25, 0.3) is 0 Å². The summed E-state index contributed by atoms with van der Waals surface area (Å²) in [5, 5.41) is 14.2. The highest BCUT2D eigenvalue weighted by molar-refractivity contribution is 5.83. The normalized spacial score (nSPS) is 22.3. The first-order chi connectivity index (χ1) is 15.4. The Morgan fingerprint density at radius 1 is 1.22 bits per heavy atom. The Hall–Kier alpha value is -2.70. The number of benzene rings is 2. The fourth-order valence-electron chi connectivity index (χ4n) is 5.23. The minimum absolute atomic E-state index is 0.00251. The van der Waals surface area contributed by atoms with E-state index in [0.717, 1.165) is 42.1 Å². The third kappa shape index (κ3) is 4.57. The highest BCUT2D eigenvalue weighted by atomic mass is 19.1. The largest absolute Gasteiger partial charge is 0.480 e. The van der Waals surface area contributed by atoms with Crippen molar-refractivity contribution in [3.8, 4) is 0 Å². The van der Waals surface area contributed by atoms with E-state index in [2.05, 4.69) is 53.6 Å². The monoisotopic (exact) mass is 437 g/mol. The zero-order valence-electron chi connectivity index (χ0n) is 18.8. The smallest absolute Gasteiger partial charge is 0.320 e. The number of carbonyl (C=O) groups is 1. The van der Waals surface area contributed by atoms with Gasteiger partial charge in [-0.2, -0.15) is 0 Å². The second-order valence-electron chi connectivity index (χ2n) is 9.17. The van der Waals surface area contributed by atoms with E-state index < -0.39 is 12.0 Å². The zero-order chi connectivity index (χ0) is 22.7. The van der Waals surface area contributed by atoms with Crippen molar-refractivity contribution in [2.75, 3.05) is 14.1 Å². The number of fused-ring (bicyclic) bond motifs is 1. The molecular formula is C26H32FN3O2. The summed E-state index contributed by atoms with van der Waals surface area (Å²) in [7, 11) is 4.27. The number of nitrogens with one attached hydrogen (secondary N) is 2. The molecule has 2 aromatic carbocycles. The number of aliphatic carboxylic acids is 1. The molecule has 1 unspecified atom stereocenters. The Bertz CT molecular complexity index is 1060. The topological polar surface area (TPSA) is 68.4 Å². The molecule has 1 aromatic heterocycles. The van der Waals surface area contributed by atoms with Gasteiger partial charge in [-0.15, -0.1) is 0 Å². The van der Waals surface area contributed by atoms with Crippen molar-refractivity contribution in [2.45, 2.75) is 56.1 Å². The number of carboxylic acid groups (broad SMARTS) is 1. The average molecular weight is 438 g/mol. The van der Waals surface area contributed by atoms with Crippen LogP contribution in [0.3, 0.4) is 0 Å². The molecule has 1 saturated carbocycles. The predicted octanol–water partition coefficient (Wildman–Crippen LogP) is 4.68. The van der Waals surface area contributed by atoms with E-state index in [0.29, 0.717) is 12.8 Å². The van der Waals surface area contributed by atoms with E-state index in [1.807, 2.05) is 12.3 Å². The van der Waals surface area contributed by atoms with Crippen LogP contribution in [0.25, 0.3) is 10.9 Å². The summed E-state index contributed by atoms with van der Waals surface area (Å²) in [6.45, 7) is 0. The Morgan fingerprint density at radius 2 is 1.94 bits per heavy atom. The van der Waals surface area contributed by atoms with Gasteiger partial charge in [-0.1, -0.05) is 30.3 Å². The summed E-state index contributed by atoms with van der Waals surface area (Å²) in [4.78, 5) is 17.4. The van der Waals surface area contributed by atoms with Gasteiger partial charge in [0.2, 0.25) is 0 Å². The maximum absolute atomic E-state index is 13.4. The van der Waals surface area contributed by atoms with Gasteiger partial charge < -0.3 is 15.4 Å². The van der Waals surface area contributed by atoms with Crippen molar-refractivity contribution < 1.29 is 14.3 Å². The van der Waals surface area contributed by atoms with Gasteiger partial charge in [0.1, 0.15) is 11.9 Å². The van der Waals surface area contributed by atoms with Crippen LogP contribution >= 0.6 is 0 Å². The first kappa shape index (κ1) is 22.5. The molecule has 1 atom stereocenters. The summed E-state index contributed by atoms with van der Waals surface area (Å²) < 4.78 is 13.4. The third-order valence-electron chi connectivity index (χ3n) is 7.15. The lowest BCUT2D eigenvalue weighted by atomic mass is 9.74. The molecule has 1 fully saturated rings. The lowest BCUT2D eigenvalue weighted by molar-refractivity contribution is -0.140. The fraction of sp³-hybridized carbons (Fsp3) is 0.423. The van der Waals surface area contributed by atoms with Gasteiger partial charge >= 0.3 is 5.97 Å². The van der Waals surface area contributed by atoms with Crippen LogP contribution in [0.1, 0.15) is 43.2 Å². The molecule has 5 nitrogen and oxygen atoms in total. The van der Waals surface area contributed by atoms with Crippen LogP contribution in [0.2, 0.25) is 0 Å². The Kier molecular flexibility index (Phi) is 6.63. The number of rotatable bonds is 8. The lowest BCUT2D eigenvalue weighted by Crippen LogP contribution is -2.50. The summed E-state index contributed by atoms with van der Waals surface area (Å²) in [5.41, 5.74) is 3.09. The van der Waals surface area contributed by atoms with Crippen LogP contribution < -0.4 is 5.32 Å². The number of hydrogen-bond acceptors (Lipinski definition) is 3. The third-order valence-corrected chi connectivity index (χ3v) is 7.15. The second-order valence-corrected chi connectivity index (χ2v) is 9.17. The van der Waals surface area contributed by atoms with Gasteiger partial charge in [-0.25, -0.2) is 4.39 Å². The molecule has 1 aliphatic rings. The molecule has 0 spiro atoms. The number of aromatic nitrogens is 1. The van der Waals surface area contributed by atoms with Crippen LogP contribution in [-0.4, -0.2) is 47.1 Å². The molecule has 1 aliphatic carbocycles. The molecule has 0 radical (unpaired) electrons. The number of aryl methyl sites for hydroxylation is 1. The summed E-state index contributed by atoms with van der Waals surface area (Å²) in [6.07, 6.45) is 6.81. The molecular weight excluding hydrogens is 405 g/mol. The Balaban J connectivity index is 1.39. The van der Waals surface area contributed by atoms with Crippen LogP contribution in [0.4, 0.5) is 4.39 Å². The minimum Gasteiger partial charge on any atom is -0.480 e. The van der Waals surface area contributed by atoms with Crippen molar-refractivity contribution in [3.05, 3.63) is 71.7 Å². The van der Waals surface area contributed by atoms with E-state index in [1.54, 1.807) is 6.07 Å². The van der Waals surface area contributed by atoms with Crippen LogP contribution in [0.15, 0.2) is 54.7 Å². The minimum atomic E-state index is -0.816. The molecule has 0 amide bonds. The number of hydrogen-bond donors (Lipinski definition) is 3. The van der Waals surface area contributed by atoms with E-state index in [4.69, 9.17) is 0 Å². The number of carboxylic acids is 1. The number of aromatic amines is 1. The Labute approximate surface area is 188 Å². The first-order valence-corrected chi connectivity index (χ1v) is 11.4. The summed E-state index contributed by atoms with van der Waals surface area (Å²) >= 11 is 0. The summed E-state index contributed by atoms with van der Waals surface area (Å²) in [5.74, 6) is -1.10. The fourth-order valence-corrected chi connectivity index (χ4v) is 5.23. The molecule has 6 heteroatoms. The van der Waals surface area contributed by atoms with Crippen molar-refractivity contribution in [3.63, 3.8) is 0 Å². The SMILES string of the molecule is CN(C)C1(c2ccccc2)CCC(NC(CCc2c[nH]c3cc(F)ccc23)C(=O)O)CC1. The van der Waals surface area contributed by atoms with Crippen molar-refractivity contribution in [1.29, 1.82) is 0 Å². The Morgan fingerprint density at radius 3 is 2.59 bits per heavy atom. The van der Waals surface area contributed by atoms with Gasteiger partial charge in [0, 0.05) is 28.7 Å². The predicted molar refractivity (Wildman–Crippen MR) is 125 cm³/mol. The molecule has 3 N–H and O–H groups in total. The quantitative estimate of drug-likeness (QED) is 0.479. The zero-order valence-corrected chi connectivity index (χ0v) is 18.8. The van der Waals surface area contributed by atoms with Crippen LogP contribution in [-0.2, 0) is 16.8 Å². The van der Waals surface area contributed by atoms with E-state index >= 15 is 0 Å². The van der Waals surface area contributed by atoms with Gasteiger partial charge in [0.15, 0.2) is 0 Å². The highest BCUT2D eigenvalue weighted by Crippen LogP contribution is 2.41. The van der Waals surface area contributed by atoms with E-state index in [9.17, 15) is 14.3 Å². The first-order valence-electron chi connectivity index (χ1n) is 11.4. The maximum atomic E-state index is 13.4. The molecule has 3 aromatic rings. The highest BCUT2D eigenvalue weighted by Gasteiger charge is 2.39. The van der Waals surface area contributed by atoms with Crippen LogP contribution in [0.5, 0.6) is 0 Å². The van der Waals surface area contributed by atoms with Crippen molar-refractivity contribution in [1.82, 2.24) is 15.2 Å². The maximum Gasteiger partial charge on any atom is 0.320 e. The van der Waals surface area contributed by atoms with E-state index in [-0.39, 0.29) is 17.4 Å². The summed E-state index contributed by atoms with van der Waals surface area (Å²) in [6, 6.07) is 14.9. The molecule has 0 bridgehead atoms. The van der Waals surface area contributed by atoms with Crippen molar-refractivity contribution >= 4 is 16.9 Å². The number of nitrogens with zero attached hydrogens (tertiary/aromatic N) is 1.